The van der Waals surface area contributed by atoms with Gasteiger partial charge in [0.15, 0.2) is 6.10 Å². The predicted molar refractivity (Wildman–Crippen MR) is 388 cm³/mol. The lowest BCUT2D eigenvalue weighted by Gasteiger charge is -2.28. The van der Waals surface area contributed by atoms with Crippen LogP contribution in [0.3, 0.4) is 0 Å². The van der Waals surface area contributed by atoms with Crippen molar-refractivity contribution in [1.82, 2.24) is 0 Å². The van der Waals surface area contributed by atoms with Crippen molar-refractivity contribution in [2.45, 2.75) is 328 Å². The van der Waals surface area contributed by atoms with Crippen LogP contribution in [0.1, 0.15) is 322 Å². The minimum atomic E-state index is -4.65. The molecule has 0 aliphatic carbocycles. The average Bonchev–Trinajstić information content (AvgIpc) is 3.61. The maximum absolute atomic E-state index is 12.9. The molecular weight excluding hydrogens is 1130 g/mol. The summed E-state index contributed by atoms with van der Waals surface area (Å²) < 4.78 is 34.4. The van der Waals surface area contributed by atoms with Crippen molar-refractivity contribution < 1.29 is 42.1 Å². The third-order valence-corrected chi connectivity index (χ3v) is 16.9. The Morgan fingerprint density at radius 2 is 0.600 bits per heavy atom. The molecule has 0 aliphatic rings. The number of allylic oxidation sites excluding steroid dienone is 20. The first-order valence-electron chi connectivity index (χ1n) is 37.2. The van der Waals surface area contributed by atoms with E-state index in [1.165, 1.54) is 186 Å². The summed E-state index contributed by atoms with van der Waals surface area (Å²) in [5, 5.41) is 0. The van der Waals surface area contributed by atoms with Gasteiger partial charge in [-0.15, -0.1) is 0 Å². The van der Waals surface area contributed by atoms with E-state index in [0.29, 0.717) is 17.4 Å². The highest BCUT2D eigenvalue weighted by Gasteiger charge is 2.22. The molecule has 9 nitrogen and oxygen atoms in total. The van der Waals surface area contributed by atoms with E-state index >= 15 is 0 Å². The minimum Gasteiger partial charge on any atom is -0.756 e. The third kappa shape index (κ3) is 73.5. The molecule has 0 fully saturated rings. The molecule has 2 unspecified atom stereocenters. The number of phosphoric acid groups is 1. The van der Waals surface area contributed by atoms with E-state index < -0.39 is 26.5 Å². The normalized spacial score (nSPS) is 13.8. The second-order valence-corrected chi connectivity index (χ2v) is 27.3. The molecule has 0 saturated heterocycles. The summed E-state index contributed by atoms with van der Waals surface area (Å²) in [7, 11) is 1.17. The van der Waals surface area contributed by atoms with Gasteiger partial charge in [-0.25, -0.2) is 0 Å². The fourth-order valence-corrected chi connectivity index (χ4v) is 11.1. The van der Waals surface area contributed by atoms with Crippen LogP contribution in [0.2, 0.25) is 0 Å². The monoisotopic (exact) mass is 1270 g/mol. The fourth-order valence-electron chi connectivity index (χ4n) is 10.4. The number of unbranched alkanes of at least 4 members (excludes halogenated alkanes) is 34. The lowest BCUT2D eigenvalue weighted by atomic mass is 10.0. The molecular formula is C80H140NO8P. The van der Waals surface area contributed by atoms with Crippen LogP contribution in [-0.4, -0.2) is 70.0 Å². The molecule has 10 heteroatoms. The highest BCUT2D eigenvalue weighted by molar-refractivity contribution is 7.45. The number of phosphoric ester groups is 1. The van der Waals surface area contributed by atoms with Gasteiger partial charge in [0.25, 0.3) is 7.82 Å². The van der Waals surface area contributed by atoms with E-state index in [-0.39, 0.29) is 32.0 Å². The number of esters is 2. The summed E-state index contributed by atoms with van der Waals surface area (Å²) in [6, 6.07) is 0. The van der Waals surface area contributed by atoms with Crippen LogP contribution in [0.15, 0.2) is 122 Å². The van der Waals surface area contributed by atoms with Gasteiger partial charge in [0.2, 0.25) is 0 Å². The summed E-state index contributed by atoms with van der Waals surface area (Å²) in [6.45, 7) is 4.05. The van der Waals surface area contributed by atoms with E-state index in [1.807, 2.05) is 21.1 Å². The molecule has 0 rings (SSSR count). The number of likely N-dealkylation sites (N-methyl/N-ethyl adjacent to an activating group) is 1. The van der Waals surface area contributed by atoms with Gasteiger partial charge in [0, 0.05) is 12.8 Å². The van der Waals surface area contributed by atoms with Gasteiger partial charge in [0.05, 0.1) is 27.7 Å². The largest absolute Gasteiger partial charge is 0.756 e. The first-order valence-corrected chi connectivity index (χ1v) is 38.7. The molecule has 0 aliphatic heterocycles. The van der Waals surface area contributed by atoms with Gasteiger partial charge in [-0.2, -0.15) is 0 Å². The molecule has 0 amide bonds. The number of hydrogen-bond acceptors (Lipinski definition) is 8. The highest BCUT2D eigenvalue weighted by atomic mass is 31.2. The number of carbonyl (C=O) groups excluding carboxylic acids is 2. The third-order valence-electron chi connectivity index (χ3n) is 16.0. The molecule has 0 N–H and O–H groups in total. The number of quaternary nitrogens is 1. The zero-order chi connectivity index (χ0) is 65.5. The van der Waals surface area contributed by atoms with Crippen LogP contribution in [-0.2, 0) is 32.7 Å². The zero-order valence-corrected chi connectivity index (χ0v) is 59.9. The van der Waals surface area contributed by atoms with Crippen LogP contribution in [0.5, 0.6) is 0 Å². The first kappa shape index (κ1) is 86.4. The molecule has 518 valence electrons. The Morgan fingerprint density at radius 3 is 0.889 bits per heavy atom. The Hall–Kier alpha value is -3.59. The van der Waals surface area contributed by atoms with Crippen molar-refractivity contribution >= 4 is 19.8 Å². The Bertz CT molecular complexity index is 1940. The second-order valence-electron chi connectivity index (χ2n) is 25.9. The Labute approximate surface area is 556 Å². The van der Waals surface area contributed by atoms with E-state index in [9.17, 15) is 19.0 Å². The quantitative estimate of drug-likeness (QED) is 0.0195. The predicted octanol–water partition coefficient (Wildman–Crippen LogP) is 24.0. The van der Waals surface area contributed by atoms with Crippen molar-refractivity contribution in [2.24, 2.45) is 0 Å². The van der Waals surface area contributed by atoms with Crippen molar-refractivity contribution in [2.75, 3.05) is 47.5 Å². The molecule has 2 atom stereocenters. The SMILES string of the molecule is CC/C=C\C/C=C\C/C=C\C/C=C\C/C=C\C/C=C\CCCCCCCCCCCCCCCCCCC(=O)OC(COC(=O)CCCCCCCCCCCCCCCCCCCC/C=C\C/C=C\C/C=C\C/C=C\CC)COP(=O)([O-])OCC[N+](C)(C)C. The topological polar surface area (TPSA) is 111 Å². The molecule has 0 aromatic heterocycles. The molecule has 0 saturated carbocycles. The van der Waals surface area contributed by atoms with Crippen molar-refractivity contribution in [3.63, 3.8) is 0 Å². The Morgan fingerprint density at radius 1 is 0.344 bits per heavy atom. The van der Waals surface area contributed by atoms with Gasteiger partial charge in [-0.3, -0.25) is 14.2 Å². The average molecular weight is 1270 g/mol. The molecule has 0 heterocycles. The standard InChI is InChI=1S/C80H140NO8P/c1-6-8-10-12-14-16-18-20-22-24-26-28-30-32-34-36-38-39-40-41-43-45-47-49-51-53-55-57-59-61-63-65-67-69-71-73-80(83)89-78(77-88-90(84,85)87-75-74-81(3,4)5)76-86-79(82)72-70-68-66-64-62-60-58-56-54-52-50-48-46-44-42-37-35-33-31-29-27-25-23-21-19-17-15-13-11-9-7-2/h8-11,14-17,20-23,26-29,32,34,38-39,78H,6-7,12-13,18-19,24-25,30-31,33,35-37,40-77H2,1-5H3/b10-8-,11-9-,16-14-,17-15-,22-20-,23-21-,28-26-,29-27-,34-32-,39-38-. The van der Waals surface area contributed by atoms with Gasteiger partial charge in [-0.1, -0.05) is 328 Å². The molecule has 0 spiro atoms. The lowest BCUT2D eigenvalue weighted by Crippen LogP contribution is -2.37. The van der Waals surface area contributed by atoms with Gasteiger partial charge in [0.1, 0.15) is 19.8 Å². The van der Waals surface area contributed by atoms with E-state index in [2.05, 4.69) is 135 Å². The molecule has 90 heavy (non-hydrogen) atoms. The van der Waals surface area contributed by atoms with Gasteiger partial charge >= 0.3 is 11.9 Å². The second kappa shape index (κ2) is 69.7. The zero-order valence-electron chi connectivity index (χ0n) is 59.1. The van der Waals surface area contributed by atoms with Crippen LogP contribution >= 0.6 is 7.82 Å². The summed E-state index contributed by atoms with van der Waals surface area (Å²) in [4.78, 5) is 38.1. The van der Waals surface area contributed by atoms with Crippen molar-refractivity contribution in [3.05, 3.63) is 122 Å². The highest BCUT2D eigenvalue weighted by Crippen LogP contribution is 2.38. The first-order chi connectivity index (χ1) is 44.0. The Kier molecular flexibility index (Phi) is 67.0. The van der Waals surface area contributed by atoms with E-state index in [0.717, 1.165) is 103 Å². The van der Waals surface area contributed by atoms with E-state index in [4.69, 9.17) is 18.5 Å². The summed E-state index contributed by atoms with van der Waals surface area (Å²) in [5.74, 6) is -0.824. The molecule has 0 bridgehead atoms. The number of rotatable bonds is 68. The van der Waals surface area contributed by atoms with Crippen LogP contribution in [0.25, 0.3) is 0 Å². The minimum absolute atomic E-state index is 0.0332. The smallest absolute Gasteiger partial charge is 0.306 e. The van der Waals surface area contributed by atoms with E-state index in [1.54, 1.807) is 0 Å². The fraction of sp³-hybridized carbons (Fsp3) is 0.725. The molecule has 0 radical (unpaired) electrons. The van der Waals surface area contributed by atoms with Gasteiger partial charge < -0.3 is 27.9 Å². The maximum atomic E-state index is 12.9. The van der Waals surface area contributed by atoms with Crippen LogP contribution in [0, 0.1) is 0 Å². The molecule has 0 aromatic rings. The summed E-state index contributed by atoms with van der Waals surface area (Å²) in [5.41, 5.74) is 0. The van der Waals surface area contributed by atoms with Crippen molar-refractivity contribution in [3.8, 4) is 0 Å². The molecule has 0 aromatic carbocycles. The van der Waals surface area contributed by atoms with Crippen LogP contribution < -0.4 is 4.89 Å². The summed E-state index contributed by atoms with van der Waals surface area (Å²) in [6.07, 6.45) is 100. The maximum Gasteiger partial charge on any atom is 0.306 e. The van der Waals surface area contributed by atoms with Crippen LogP contribution in [0.4, 0.5) is 0 Å². The number of hydrogen-bond donors (Lipinski definition) is 0. The number of carbonyl (C=O) groups is 2. The van der Waals surface area contributed by atoms with Gasteiger partial charge in [-0.05, 0) is 103 Å². The lowest BCUT2D eigenvalue weighted by molar-refractivity contribution is -0.870. The number of nitrogens with zero attached hydrogens (tertiary/aromatic N) is 1. The Balaban J connectivity index is 4.00. The summed E-state index contributed by atoms with van der Waals surface area (Å²) >= 11 is 0. The number of ether oxygens (including phenoxy) is 2. The van der Waals surface area contributed by atoms with Crippen molar-refractivity contribution in [1.29, 1.82) is 0 Å².